The molecule has 0 saturated carbocycles. The van der Waals surface area contributed by atoms with Gasteiger partial charge in [0.05, 0.1) is 12.3 Å². The Hall–Kier alpha value is -2.70. The fraction of sp³-hybridized carbons (Fsp3) is 0.118. The number of halogens is 1. The van der Waals surface area contributed by atoms with Gasteiger partial charge in [-0.25, -0.2) is 0 Å². The second-order valence-corrected chi connectivity index (χ2v) is 5.66. The third-order valence-corrected chi connectivity index (χ3v) is 3.80. The van der Waals surface area contributed by atoms with Crippen LogP contribution < -0.4 is 10.9 Å². The van der Waals surface area contributed by atoms with Crippen LogP contribution in [0.25, 0.3) is 11.0 Å². The number of benzene rings is 1. The molecule has 0 saturated heterocycles. The molecule has 122 valence electrons. The molecule has 6 nitrogen and oxygen atoms in total. The largest absolute Gasteiger partial charge is 0.436 e. The quantitative estimate of drug-likeness (QED) is 0.680. The molecule has 0 bridgehead atoms. The maximum absolute atomic E-state index is 12.5. The van der Waals surface area contributed by atoms with Crippen LogP contribution in [0.15, 0.2) is 40.9 Å². The molecule has 0 aliphatic rings. The van der Waals surface area contributed by atoms with E-state index in [2.05, 4.69) is 10.3 Å². The zero-order valence-electron chi connectivity index (χ0n) is 12.8. The van der Waals surface area contributed by atoms with Gasteiger partial charge in [0.25, 0.3) is 5.91 Å². The van der Waals surface area contributed by atoms with Gasteiger partial charge in [-0.15, -0.1) is 0 Å². The zero-order valence-corrected chi connectivity index (χ0v) is 13.5. The topological polar surface area (TPSA) is 99.2 Å². The first kappa shape index (κ1) is 16.2. The monoisotopic (exact) mass is 343 g/mol. The van der Waals surface area contributed by atoms with Crippen LogP contribution in [0.2, 0.25) is 5.02 Å². The summed E-state index contributed by atoms with van der Waals surface area (Å²) in [4.78, 5) is 16.6. The van der Waals surface area contributed by atoms with E-state index in [0.717, 1.165) is 0 Å². The number of aliphatic hydroxyl groups excluding tert-OH is 1. The van der Waals surface area contributed by atoms with E-state index in [1.54, 1.807) is 31.2 Å². The lowest BCUT2D eigenvalue weighted by Gasteiger charge is -2.09. The van der Waals surface area contributed by atoms with Crippen LogP contribution in [0.1, 0.15) is 21.6 Å². The summed E-state index contributed by atoms with van der Waals surface area (Å²) in [5.41, 5.74) is 1.78. The highest BCUT2D eigenvalue weighted by Crippen LogP contribution is 2.21. The smallest absolute Gasteiger partial charge is 0.261 e. The third-order valence-electron chi connectivity index (χ3n) is 3.57. The van der Waals surface area contributed by atoms with Crippen molar-refractivity contribution in [1.29, 1.82) is 5.41 Å². The molecule has 0 spiro atoms. The van der Waals surface area contributed by atoms with Crippen LogP contribution in [-0.2, 0) is 6.61 Å². The predicted octanol–water partition coefficient (Wildman–Crippen LogP) is 3.01. The average molecular weight is 344 g/mol. The average Bonchev–Trinajstić information content (AvgIpc) is 2.55. The van der Waals surface area contributed by atoms with Crippen molar-refractivity contribution in [2.24, 2.45) is 0 Å². The number of pyridine rings is 1. The molecule has 0 unspecified atom stereocenters. The molecular weight excluding hydrogens is 330 g/mol. The normalized spacial score (nSPS) is 10.8. The molecule has 7 heteroatoms. The van der Waals surface area contributed by atoms with Crippen LogP contribution in [-0.4, -0.2) is 16.0 Å². The number of carbonyl (C=O) groups is 1. The Kier molecular flexibility index (Phi) is 4.33. The van der Waals surface area contributed by atoms with E-state index in [-0.39, 0.29) is 17.7 Å². The van der Waals surface area contributed by atoms with Gasteiger partial charge < -0.3 is 14.8 Å². The molecule has 0 atom stereocenters. The lowest BCUT2D eigenvalue weighted by molar-refractivity contribution is 0.102. The van der Waals surface area contributed by atoms with Gasteiger partial charge >= 0.3 is 0 Å². The summed E-state index contributed by atoms with van der Waals surface area (Å²) in [6, 6.07) is 8.24. The Bertz CT molecular complexity index is 998. The van der Waals surface area contributed by atoms with Crippen molar-refractivity contribution in [1.82, 2.24) is 4.98 Å². The molecule has 0 fully saturated rings. The summed E-state index contributed by atoms with van der Waals surface area (Å²) in [5.74, 6) is -0.494. The highest BCUT2D eigenvalue weighted by molar-refractivity contribution is 6.31. The van der Waals surface area contributed by atoms with E-state index in [4.69, 9.17) is 21.4 Å². The first-order valence-corrected chi connectivity index (χ1v) is 7.52. The lowest BCUT2D eigenvalue weighted by atomic mass is 10.1. The van der Waals surface area contributed by atoms with Gasteiger partial charge in [0.1, 0.15) is 5.56 Å². The molecule has 3 N–H and O–H groups in total. The van der Waals surface area contributed by atoms with Gasteiger partial charge in [-0.05, 0) is 31.2 Å². The fourth-order valence-electron chi connectivity index (χ4n) is 2.36. The van der Waals surface area contributed by atoms with Crippen molar-refractivity contribution in [3.8, 4) is 0 Å². The molecule has 0 aliphatic heterocycles. The molecule has 2 heterocycles. The van der Waals surface area contributed by atoms with E-state index in [1.165, 1.54) is 12.3 Å². The highest BCUT2D eigenvalue weighted by atomic mass is 35.5. The summed E-state index contributed by atoms with van der Waals surface area (Å²) >= 11 is 5.90. The maximum Gasteiger partial charge on any atom is 0.261 e. The number of aromatic nitrogens is 1. The third kappa shape index (κ3) is 3.02. The molecule has 3 aromatic rings. The summed E-state index contributed by atoms with van der Waals surface area (Å²) in [5, 5.41) is 21.1. The summed E-state index contributed by atoms with van der Waals surface area (Å²) in [6.45, 7) is 1.49. The molecule has 3 rings (SSSR count). The minimum atomic E-state index is -0.494. The van der Waals surface area contributed by atoms with Gasteiger partial charge in [0.15, 0.2) is 5.58 Å². The zero-order chi connectivity index (χ0) is 17.3. The number of aliphatic hydroxyl groups is 1. The standard InChI is InChI=1S/C17H14ClN3O3/c1-9-15-13(10(8-22)7-20-9)6-14(16(19)24-15)17(23)21-12-4-2-3-11(18)5-12/h2-7,19,22H,8H2,1H3,(H,21,23). The maximum atomic E-state index is 12.5. The van der Waals surface area contributed by atoms with Gasteiger partial charge in [-0.3, -0.25) is 15.2 Å². The molecule has 1 amide bonds. The first-order chi connectivity index (χ1) is 11.5. The Morgan fingerprint density at radius 2 is 2.21 bits per heavy atom. The highest BCUT2D eigenvalue weighted by Gasteiger charge is 2.15. The number of nitrogens with one attached hydrogen (secondary N) is 2. The van der Waals surface area contributed by atoms with Crippen molar-refractivity contribution >= 4 is 34.2 Å². The van der Waals surface area contributed by atoms with Gasteiger partial charge in [-0.1, -0.05) is 17.7 Å². The molecular formula is C17H14ClN3O3. The van der Waals surface area contributed by atoms with Gasteiger partial charge in [0.2, 0.25) is 5.55 Å². The van der Waals surface area contributed by atoms with E-state index < -0.39 is 5.91 Å². The number of amides is 1. The van der Waals surface area contributed by atoms with Crippen molar-refractivity contribution in [3.05, 3.63) is 63.9 Å². The summed E-state index contributed by atoms with van der Waals surface area (Å²) < 4.78 is 5.45. The van der Waals surface area contributed by atoms with Crippen LogP contribution in [0.3, 0.4) is 0 Å². The SMILES string of the molecule is Cc1ncc(CO)c2cc(C(=O)Nc3cccc(Cl)c3)c(=N)oc12. The van der Waals surface area contributed by atoms with Crippen LogP contribution in [0.4, 0.5) is 5.69 Å². The van der Waals surface area contributed by atoms with Crippen molar-refractivity contribution in [2.75, 3.05) is 5.32 Å². The number of rotatable bonds is 3. The van der Waals surface area contributed by atoms with Crippen LogP contribution >= 0.6 is 11.6 Å². The Labute approximate surface area is 142 Å². The van der Waals surface area contributed by atoms with Gasteiger partial charge in [0, 0.05) is 27.9 Å². The molecule has 0 radical (unpaired) electrons. The van der Waals surface area contributed by atoms with E-state index in [0.29, 0.717) is 32.9 Å². The summed E-state index contributed by atoms with van der Waals surface area (Å²) in [6.07, 6.45) is 1.52. The fourth-order valence-corrected chi connectivity index (χ4v) is 2.55. The molecule has 0 aliphatic carbocycles. The number of nitrogens with zero attached hydrogens (tertiary/aromatic N) is 1. The first-order valence-electron chi connectivity index (χ1n) is 7.14. The second-order valence-electron chi connectivity index (χ2n) is 5.22. The molecule has 2 aromatic heterocycles. The number of carbonyl (C=O) groups excluding carboxylic acids is 1. The van der Waals surface area contributed by atoms with E-state index in [9.17, 15) is 9.90 Å². The van der Waals surface area contributed by atoms with E-state index in [1.807, 2.05) is 0 Å². The van der Waals surface area contributed by atoms with Crippen LogP contribution in [0, 0.1) is 12.3 Å². The van der Waals surface area contributed by atoms with E-state index >= 15 is 0 Å². The summed E-state index contributed by atoms with van der Waals surface area (Å²) in [7, 11) is 0. The number of fused-ring (bicyclic) bond motifs is 1. The minimum absolute atomic E-state index is 0.0581. The Morgan fingerprint density at radius 1 is 1.42 bits per heavy atom. The Balaban J connectivity index is 2.07. The van der Waals surface area contributed by atoms with Crippen molar-refractivity contribution in [2.45, 2.75) is 13.5 Å². The second kappa shape index (κ2) is 6.43. The predicted molar refractivity (Wildman–Crippen MR) is 89.9 cm³/mol. The molecule has 1 aromatic carbocycles. The van der Waals surface area contributed by atoms with Crippen LogP contribution in [0.5, 0.6) is 0 Å². The molecule has 24 heavy (non-hydrogen) atoms. The number of hydrogen-bond acceptors (Lipinski definition) is 5. The number of anilines is 1. The van der Waals surface area contributed by atoms with Crippen molar-refractivity contribution in [3.63, 3.8) is 0 Å². The van der Waals surface area contributed by atoms with Gasteiger partial charge in [-0.2, -0.15) is 0 Å². The lowest BCUT2D eigenvalue weighted by Crippen LogP contribution is -2.21. The number of hydrogen-bond donors (Lipinski definition) is 3. The Morgan fingerprint density at radius 3 is 2.92 bits per heavy atom. The number of aryl methyl sites for hydroxylation is 1. The minimum Gasteiger partial charge on any atom is -0.436 e. The van der Waals surface area contributed by atoms with Crippen molar-refractivity contribution < 1.29 is 14.3 Å².